The van der Waals surface area contributed by atoms with E-state index < -0.39 is 0 Å². The third-order valence-corrected chi connectivity index (χ3v) is 6.27. The van der Waals surface area contributed by atoms with Gasteiger partial charge in [0.25, 0.3) is 0 Å². The molecule has 0 aromatic rings. The fourth-order valence-electron chi connectivity index (χ4n) is 4.56. The molecule has 2 amide bonds. The Morgan fingerprint density at radius 2 is 1.68 bits per heavy atom. The van der Waals surface area contributed by atoms with Gasteiger partial charge in [0.1, 0.15) is 0 Å². The van der Waals surface area contributed by atoms with Crippen molar-refractivity contribution < 1.29 is 9.59 Å². The van der Waals surface area contributed by atoms with E-state index in [1.54, 1.807) is 0 Å². The van der Waals surface area contributed by atoms with Crippen LogP contribution in [0.2, 0.25) is 0 Å². The first-order chi connectivity index (χ1) is 12.1. The molecule has 5 heteroatoms. The van der Waals surface area contributed by atoms with Gasteiger partial charge in [0.05, 0.1) is 6.04 Å². The second-order valence-electron chi connectivity index (χ2n) is 8.51. The zero-order valence-electron chi connectivity index (χ0n) is 16.1. The number of rotatable bonds is 5. The fourth-order valence-corrected chi connectivity index (χ4v) is 4.56. The average Bonchev–Trinajstić information content (AvgIpc) is 3.01. The van der Waals surface area contributed by atoms with Gasteiger partial charge < -0.3 is 9.80 Å². The quantitative estimate of drug-likeness (QED) is 0.765. The van der Waals surface area contributed by atoms with Crippen LogP contribution >= 0.6 is 0 Å². The van der Waals surface area contributed by atoms with Gasteiger partial charge >= 0.3 is 0 Å². The number of likely N-dealkylation sites (tertiary alicyclic amines) is 1. The molecule has 3 rings (SSSR count). The highest BCUT2D eigenvalue weighted by molar-refractivity contribution is 5.84. The van der Waals surface area contributed by atoms with Gasteiger partial charge in [-0.3, -0.25) is 14.5 Å². The van der Waals surface area contributed by atoms with Crippen molar-refractivity contribution >= 4 is 11.8 Å². The van der Waals surface area contributed by atoms with Gasteiger partial charge in [0, 0.05) is 45.2 Å². The highest BCUT2D eigenvalue weighted by atomic mass is 16.2. The molecule has 2 heterocycles. The summed E-state index contributed by atoms with van der Waals surface area (Å²) in [6.07, 6.45) is 7.89. The van der Waals surface area contributed by atoms with Gasteiger partial charge in [-0.25, -0.2) is 0 Å². The summed E-state index contributed by atoms with van der Waals surface area (Å²) in [7, 11) is 0. The SMILES string of the molecule is CC(C)CCN1CCC(N2CCN(C(=O)C3CCCCC3)CC2)C1=O. The van der Waals surface area contributed by atoms with E-state index in [9.17, 15) is 9.59 Å². The Labute approximate surface area is 152 Å². The zero-order valence-corrected chi connectivity index (χ0v) is 16.1. The molecule has 1 saturated carbocycles. The maximum absolute atomic E-state index is 12.7. The van der Waals surface area contributed by atoms with E-state index in [4.69, 9.17) is 0 Å². The van der Waals surface area contributed by atoms with E-state index in [0.29, 0.717) is 17.7 Å². The van der Waals surface area contributed by atoms with E-state index in [-0.39, 0.29) is 12.0 Å². The van der Waals surface area contributed by atoms with Crippen molar-refractivity contribution in [1.29, 1.82) is 0 Å². The Morgan fingerprint density at radius 3 is 2.32 bits per heavy atom. The molecule has 25 heavy (non-hydrogen) atoms. The van der Waals surface area contributed by atoms with Crippen molar-refractivity contribution in [2.45, 2.75) is 64.8 Å². The lowest BCUT2D eigenvalue weighted by molar-refractivity contribution is -0.139. The lowest BCUT2D eigenvalue weighted by atomic mass is 9.88. The molecule has 0 bridgehead atoms. The minimum Gasteiger partial charge on any atom is -0.341 e. The van der Waals surface area contributed by atoms with Gasteiger partial charge in [-0.2, -0.15) is 0 Å². The molecule has 142 valence electrons. The normalized spacial score (nSPS) is 26.7. The van der Waals surface area contributed by atoms with Gasteiger partial charge in [-0.15, -0.1) is 0 Å². The van der Waals surface area contributed by atoms with E-state index in [1.807, 2.05) is 4.90 Å². The Bertz CT molecular complexity index is 466. The molecule has 0 N–H and O–H groups in total. The minimum absolute atomic E-state index is 0.0547. The van der Waals surface area contributed by atoms with Crippen LogP contribution in [0.5, 0.6) is 0 Å². The van der Waals surface area contributed by atoms with Crippen LogP contribution in [0.15, 0.2) is 0 Å². The van der Waals surface area contributed by atoms with Gasteiger partial charge in [-0.05, 0) is 31.6 Å². The molecular formula is C20H35N3O2. The highest BCUT2D eigenvalue weighted by Gasteiger charge is 2.38. The second kappa shape index (κ2) is 8.52. The van der Waals surface area contributed by atoms with E-state index >= 15 is 0 Å². The van der Waals surface area contributed by atoms with Crippen LogP contribution in [-0.4, -0.2) is 71.8 Å². The molecule has 1 aliphatic carbocycles. The van der Waals surface area contributed by atoms with Gasteiger partial charge in [0.15, 0.2) is 0 Å². The maximum atomic E-state index is 12.7. The number of amides is 2. The summed E-state index contributed by atoms with van der Waals surface area (Å²) in [6, 6.07) is 0.0547. The number of carbonyl (C=O) groups excluding carboxylic acids is 2. The summed E-state index contributed by atoms with van der Waals surface area (Å²) in [5, 5.41) is 0. The maximum Gasteiger partial charge on any atom is 0.239 e. The first-order valence-electron chi connectivity index (χ1n) is 10.4. The van der Waals surface area contributed by atoms with Gasteiger partial charge in [0.2, 0.25) is 11.8 Å². The summed E-state index contributed by atoms with van der Waals surface area (Å²) in [5.41, 5.74) is 0. The molecule has 0 aromatic heterocycles. The monoisotopic (exact) mass is 349 g/mol. The predicted molar refractivity (Wildman–Crippen MR) is 99.2 cm³/mol. The highest BCUT2D eigenvalue weighted by Crippen LogP contribution is 2.26. The lowest BCUT2D eigenvalue weighted by Crippen LogP contribution is -2.54. The molecule has 0 radical (unpaired) electrons. The van der Waals surface area contributed by atoms with Crippen LogP contribution in [0.25, 0.3) is 0 Å². The summed E-state index contributed by atoms with van der Waals surface area (Å²) >= 11 is 0. The average molecular weight is 350 g/mol. The van der Waals surface area contributed by atoms with Crippen LogP contribution in [0.3, 0.4) is 0 Å². The number of carbonyl (C=O) groups is 2. The molecule has 5 nitrogen and oxygen atoms in total. The molecule has 3 fully saturated rings. The zero-order chi connectivity index (χ0) is 17.8. The minimum atomic E-state index is 0.0547. The van der Waals surface area contributed by atoms with Crippen molar-refractivity contribution in [3.05, 3.63) is 0 Å². The predicted octanol–water partition coefficient (Wildman–Crippen LogP) is 2.36. The first-order valence-corrected chi connectivity index (χ1v) is 10.4. The smallest absolute Gasteiger partial charge is 0.239 e. The molecule has 1 unspecified atom stereocenters. The summed E-state index contributed by atoms with van der Waals surface area (Å²) in [5.74, 6) is 1.59. The van der Waals surface area contributed by atoms with Crippen LogP contribution in [-0.2, 0) is 9.59 Å². The topological polar surface area (TPSA) is 43.9 Å². The number of hydrogen-bond donors (Lipinski definition) is 0. The van der Waals surface area contributed by atoms with Crippen LogP contribution in [0.1, 0.15) is 58.8 Å². The molecular weight excluding hydrogens is 314 g/mol. The third-order valence-electron chi connectivity index (χ3n) is 6.27. The Hall–Kier alpha value is -1.10. The molecule has 1 atom stereocenters. The van der Waals surface area contributed by atoms with Crippen molar-refractivity contribution in [1.82, 2.24) is 14.7 Å². The van der Waals surface area contributed by atoms with Crippen molar-refractivity contribution in [2.75, 3.05) is 39.3 Å². The molecule has 2 saturated heterocycles. The largest absolute Gasteiger partial charge is 0.341 e. The van der Waals surface area contributed by atoms with Crippen molar-refractivity contribution in [3.63, 3.8) is 0 Å². The van der Waals surface area contributed by atoms with E-state index in [0.717, 1.165) is 65.0 Å². The van der Waals surface area contributed by atoms with Crippen LogP contribution in [0.4, 0.5) is 0 Å². The van der Waals surface area contributed by atoms with E-state index in [1.165, 1.54) is 19.3 Å². The number of piperazine rings is 1. The summed E-state index contributed by atoms with van der Waals surface area (Å²) in [6.45, 7) is 9.52. The Kier molecular flexibility index (Phi) is 6.37. The molecule has 2 aliphatic heterocycles. The van der Waals surface area contributed by atoms with Crippen LogP contribution < -0.4 is 0 Å². The summed E-state index contributed by atoms with van der Waals surface area (Å²) in [4.78, 5) is 31.8. The van der Waals surface area contributed by atoms with E-state index in [2.05, 4.69) is 23.6 Å². The molecule has 0 spiro atoms. The fraction of sp³-hybridized carbons (Fsp3) is 0.900. The summed E-state index contributed by atoms with van der Waals surface area (Å²) < 4.78 is 0. The van der Waals surface area contributed by atoms with Gasteiger partial charge in [-0.1, -0.05) is 33.1 Å². The number of hydrogen-bond acceptors (Lipinski definition) is 3. The Morgan fingerprint density at radius 1 is 1.00 bits per heavy atom. The molecule has 0 aromatic carbocycles. The number of nitrogens with zero attached hydrogens (tertiary/aromatic N) is 3. The van der Waals surface area contributed by atoms with Crippen molar-refractivity contribution in [3.8, 4) is 0 Å². The Balaban J connectivity index is 1.46. The third kappa shape index (κ3) is 4.55. The second-order valence-corrected chi connectivity index (χ2v) is 8.51. The van der Waals surface area contributed by atoms with Crippen molar-refractivity contribution in [2.24, 2.45) is 11.8 Å². The standard InChI is InChI=1S/C20H35N3O2/c1-16(2)8-10-22-11-9-18(20(22)25)21-12-14-23(15-13-21)19(24)17-6-4-3-5-7-17/h16-18H,3-15H2,1-2H3. The molecule has 3 aliphatic rings. The first kappa shape index (κ1) is 18.7. The lowest BCUT2D eigenvalue weighted by Gasteiger charge is -2.39. The van der Waals surface area contributed by atoms with Crippen LogP contribution in [0, 0.1) is 11.8 Å².